The summed E-state index contributed by atoms with van der Waals surface area (Å²) < 4.78 is 12.9. The van der Waals surface area contributed by atoms with Crippen molar-refractivity contribution in [3.63, 3.8) is 0 Å². The van der Waals surface area contributed by atoms with Gasteiger partial charge in [-0.1, -0.05) is 18.2 Å². The highest BCUT2D eigenvalue weighted by molar-refractivity contribution is 5.92. The summed E-state index contributed by atoms with van der Waals surface area (Å²) in [6, 6.07) is 13.2. The number of rotatable bonds is 6. The van der Waals surface area contributed by atoms with Gasteiger partial charge in [-0.25, -0.2) is 14.4 Å². The minimum atomic E-state index is -0.319. The Morgan fingerprint density at radius 2 is 1.88 bits per heavy atom. The summed E-state index contributed by atoms with van der Waals surface area (Å²) >= 11 is 0. The lowest BCUT2D eigenvalue weighted by molar-refractivity contribution is 0.0945. The van der Waals surface area contributed by atoms with Crippen LogP contribution in [-0.2, 0) is 13.1 Å². The molecule has 1 amide bonds. The van der Waals surface area contributed by atoms with Crippen molar-refractivity contribution in [2.45, 2.75) is 20.0 Å². The molecule has 3 aromatic rings. The molecule has 0 aliphatic carbocycles. The monoisotopic (exact) mass is 351 g/mol. The van der Waals surface area contributed by atoms with Gasteiger partial charge in [0.2, 0.25) is 0 Å². The van der Waals surface area contributed by atoms with Crippen LogP contribution in [0.1, 0.15) is 27.6 Å². The molecule has 0 aliphatic rings. The molecule has 0 saturated heterocycles. The van der Waals surface area contributed by atoms with Gasteiger partial charge in [-0.2, -0.15) is 0 Å². The zero-order chi connectivity index (χ0) is 18.4. The molecule has 2 N–H and O–H groups in total. The third kappa shape index (κ3) is 4.83. The number of carbonyl (C=O) groups excluding carboxylic acids is 1. The average molecular weight is 351 g/mol. The number of pyridine rings is 1. The van der Waals surface area contributed by atoms with Crippen LogP contribution in [0.4, 0.5) is 10.2 Å². The van der Waals surface area contributed by atoms with E-state index in [1.54, 1.807) is 31.3 Å². The number of hydrogen-bond acceptors (Lipinski definition) is 5. The quantitative estimate of drug-likeness (QED) is 0.714. The van der Waals surface area contributed by atoms with E-state index in [1.807, 2.05) is 18.2 Å². The van der Waals surface area contributed by atoms with Gasteiger partial charge < -0.3 is 10.6 Å². The Morgan fingerprint density at radius 1 is 1.08 bits per heavy atom. The maximum absolute atomic E-state index is 12.9. The van der Waals surface area contributed by atoms with Gasteiger partial charge >= 0.3 is 0 Å². The van der Waals surface area contributed by atoms with E-state index in [9.17, 15) is 9.18 Å². The third-order valence-corrected chi connectivity index (χ3v) is 3.61. The molecule has 0 radical (unpaired) electrons. The minimum absolute atomic E-state index is 0.267. The van der Waals surface area contributed by atoms with Gasteiger partial charge in [-0.3, -0.25) is 9.78 Å². The molecule has 6 nitrogen and oxygen atoms in total. The predicted octanol–water partition coefficient (Wildman–Crippen LogP) is 2.86. The molecule has 1 aromatic carbocycles. The van der Waals surface area contributed by atoms with Gasteiger partial charge in [0.15, 0.2) is 0 Å². The summed E-state index contributed by atoms with van der Waals surface area (Å²) in [6.45, 7) is 2.51. The van der Waals surface area contributed by atoms with Crippen LogP contribution in [0.3, 0.4) is 0 Å². The number of anilines is 1. The molecule has 132 valence electrons. The number of benzene rings is 1. The van der Waals surface area contributed by atoms with Gasteiger partial charge in [-0.15, -0.1) is 0 Å². The second kappa shape index (κ2) is 8.15. The number of amides is 1. The number of aryl methyl sites for hydroxylation is 1. The molecule has 2 heterocycles. The van der Waals surface area contributed by atoms with Crippen LogP contribution in [0.5, 0.6) is 0 Å². The first kappa shape index (κ1) is 17.5. The van der Waals surface area contributed by atoms with Crippen LogP contribution >= 0.6 is 0 Å². The molecule has 0 aliphatic heterocycles. The molecular formula is C19H18FN5O. The predicted molar refractivity (Wildman–Crippen MR) is 95.9 cm³/mol. The molecule has 0 saturated carbocycles. The van der Waals surface area contributed by atoms with E-state index in [0.717, 1.165) is 11.3 Å². The molecular weight excluding hydrogens is 333 g/mol. The first-order valence-electron chi connectivity index (χ1n) is 8.12. The van der Waals surface area contributed by atoms with Crippen molar-refractivity contribution in [3.8, 4) is 0 Å². The molecule has 0 atom stereocenters. The summed E-state index contributed by atoms with van der Waals surface area (Å²) in [5, 5.41) is 5.91. The topological polar surface area (TPSA) is 79.8 Å². The Balaban J connectivity index is 1.64. The molecule has 2 aromatic heterocycles. The Morgan fingerprint density at radius 3 is 2.62 bits per heavy atom. The Bertz CT molecular complexity index is 884. The average Bonchev–Trinajstić information content (AvgIpc) is 2.66. The van der Waals surface area contributed by atoms with Crippen molar-refractivity contribution < 1.29 is 9.18 Å². The maximum Gasteiger partial charge on any atom is 0.270 e. The van der Waals surface area contributed by atoms with Crippen molar-refractivity contribution in [3.05, 3.63) is 83.3 Å². The van der Waals surface area contributed by atoms with Crippen LogP contribution in [0, 0.1) is 12.7 Å². The van der Waals surface area contributed by atoms with Crippen molar-refractivity contribution >= 4 is 11.7 Å². The van der Waals surface area contributed by atoms with E-state index in [0.29, 0.717) is 24.7 Å². The first-order valence-corrected chi connectivity index (χ1v) is 8.12. The van der Waals surface area contributed by atoms with Crippen molar-refractivity contribution in [2.75, 3.05) is 5.32 Å². The highest BCUT2D eigenvalue weighted by atomic mass is 19.1. The molecule has 26 heavy (non-hydrogen) atoms. The standard InChI is InChI=1S/C19H18FN5O/c1-13-24-17(19(26)23-11-14-5-7-15(20)8-6-14)10-18(25-13)22-12-16-4-2-3-9-21-16/h2-10H,11-12H2,1H3,(H,23,26)(H,22,24,25). The fourth-order valence-corrected chi connectivity index (χ4v) is 2.33. The van der Waals surface area contributed by atoms with Gasteiger partial charge in [0.25, 0.3) is 5.91 Å². The van der Waals surface area contributed by atoms with Gasteiger partial charge in [0.05, 0.1) is 12.2 Å². The molecule has 0 spiro atoms. The smallest absolute Gasteiger partial charge is 0.270 e. The lowest BCUT2D eigenvalue weighted by Gasteiger charge is -2.09. The molecule has 0 unspecified atom stereocenters. The van der Waals surface area contributed by atoms with E-state index in [4.69, 9.17) is 0 Å². The number of nitrogens with zero attached hydrogens (tertiary/aromatic N) is 3. The Hall–Kier alpha value is -3.35. The summed E-state index contributed by atoms with van der Waals surface area (Å²) in [5.41, 5.74) is 1.94. The number of hydrogen-bond donors (Lipinski definition) is 2. The normalized spacial score (nSPS) is 10.4. The summed E-state index contributed by atoms with van der Waals surface area (Å²) in [5.74, 6) is 0.411. The van der Waals surface area contributed by atoms with Crippen LogP contribution in [0.15, 0.2) is 54.7 Å². The number of carbonyl (C=O) groups is 1. The lowest BCUT2D eigenvalue weighted by atomic mass is 10.2. The van der Waals surface area contributed by atoms with Crippen molar-refractivity contribution in [1.29, 1.82) is 0 Å². The number of nitrogens with one attached hydrogen (secondary N) is 2. The van der Waals surface area contributed by atoms with Crippen LogP contribution < -0.4 is 10.6 Å². The number of halogens is 1. The molecule has 0 bridgehead atoms. The fraction of sp³-hybridized carbons (Fsp3) is 0.158. The van der Waals surface area contributed by atoms with E-state index in [2.05, 4.69) is 25.6 Å². The van der Waals surface area contributed by atoms with Crippen molar-refractivity contribution in [2.24, 2.45) is 0 Å². The highest BCUT2D eigenvalue weighted by Crippen LogP contribution is 2.09. The highest BCUT2D eigenvalue weighted by Gasteiger charge is 2.10. The minimum Gasteiger partial charge on any atom is -0.364 e. The first-order chi connectivity index (χ1) is 12.6. The van der Waals surface area contributed by atoms with Gasteiger partial charge in [-0.05, 0) is 36.8 Å². The SMILES string of the molecule is Cc1nc(NCc2ccccn2)cc(C(=O)NCc2ccc(F)cc2)n1. The maximum atomic E-state index is 12.9. The molecule has 0 fully saturated rings. The van der Waals surface area contributed by atoms with E-state index in [1.165, 1.54) is 12.1 Å². The van der Waals surface area contributed by atoms with E-state index >= 15 is 0 Å². The van der Waals surface area contributed by atoms with Crippen molar-refractivity contribution in [1.82, 2.24) is 20.3 Å². The fourth-order valence-electron chi connectivity index (χ4n) is 2.33. The number of aromatic nitrogens is 3. The molecule has 3 rings (SSSR count). The lowest BCUT2D eigenvalue weighted by Crippen LogP contribution is -2.24. The Kier molecular flexibility index (Phi) is 5.48. The van der Waals surface area contributed by atoms with E-state index < -0.39 is 0 Å². The summed E-state index contributed by atoms with van der Waals surface area (Å²) in [4.78, 5) is 25.0. The van der Waals surface area contributed by atoms with Crippen LogP contribution in [0.25, 0.3) is 0 Å². The zero-order valence-electron chi connectivity index (χ0n) is 14.2. The van der Waals surface area contributed by atoms with E-state index in [-0.39, 0.29) is 17.4 Å². The second-order valence-electron chi connectivity index (χ2n) is 5.67. The Labute approximate surface area is 150 Å². The van der Waals surface area contributed by atoms with Crippen LogP contribution in [0.2, 0.25) is 0 Å². The largest absolute Gasteiger partial charge is 0.364 e. The summed E-state index contributed by atoms with van der Waals surface area (Å²) in [6.07, 6.45) is 1.72. The third-order valence-electron chi connectivity index (χ3n) is 3.61. The zero-order valence-corrected chi connectivity index (χ0v) is 14.2. The van der Waals surface area contributed by atoms with Gasteiger partial charge in [0.1, 0.15) is 23.2 Å². The molecule has 7 heteroatoms. The second-order valence-corrected chi connectivity index (χ2v) is 5.67. The summed E-state index contributed by atoms with van der Waals surface area (Å²) in [7, 11) is 0. The van der Waals surface area contributed by atoms with Gasteiger partial charge in [0, 0.05) is 18.8 Å². The van der Waals surface area contributed by atoms with Crippen LogP contribution in [-0.4, -0.2) is 20.9 Å².